The van der Waals surface area contributed by atoms with Crippen molar-refractivity contribution in [3.8, 4) is 28.6 Å². The Bertz CT molecular complexity index is 945. The number of phenols is 3. The van der Waals surface area contributed by atoms with Crippen LogP contribution >= 0.6 is 0 Å². The number of carboxylic acid groups (broad SMARTS) is 1. The molecule has 0 unspecified atom stereocenters. The predicted octanol–water partition coefficient (Wildman–Crippen LogP) is 5.38. The van der Waals surface area contributed by atoms with Crippen molar-refractivity contribution in [1.29, 1.82) is 0 Å². The lowest BCUT2D eigenvalue weighted by molar-refractivity contribution is -0.134. The minimum atomic E-state index is -1.16. The van der Waals surface area contributed by atoms with E-state index in [4.69, 9.17) is 9.52 Å². The van der Waals surface area contributed by atoms with Gasteiger partial charge in [0.15, 0.2) is 23.0 Å². The van der Waals surface area contributed by atoms with Gasteiger partial charge in [0.25, 0.3) is 0 Å². The summed E-state index contributed by atoms with van der Waals surface area (Å²) in [5, 5.41) is 40.8. The molecule has 0 radical (unpaired) electrons. The monoisotopic (exact) mass is 461 g/mol. The van der Waals surface area contributed by atoms with Gasteiger partial charge in [0.05, 0.1) is 0 Å². The van der Waals surface area contributed by atoms with Crippen LogP contribution in [0.2, 0.25) is 0 Å². The summed E-state index contributed by atoms with van der Waals surface area (Å²) in [6, 6.07) is 3.62. The average molecular weight is 462 g/mol. The van der Waals surface area contributed by atoms with Crippen LogP contribution in [0.1, 0.15) is 76.9 Å². The molecule has 182 valence electrons. The van der Waals surface area contributed by atoms with Gasteiger partial charge in [-0.15, -0.1) is 0 Å². The first-order chi connectivity index (χ1) is 15.8. The molecule has 0 spiro atoms. The first kappa shape index (κ1) is 26.1. The Morgan fingerprint density at radius 2 is 1.42 bits per heavy atom. The van der Waals surface area contributed by atoms with Gasteiger partial charge in [-0.1, -0.05) is 64.7 Å². The number of unbranched alkanes of at least 4 members (excludes halogenated alkanes) is 9. The van der Waals surface area contributed by atoms with Gasteiger partial charge in [-0.25, -0.2) is 0 Å². The molecule has 1 aromatic carbocycles. The van der Waals surface area contributed by atoms with E-state index >= 15 is 0 Å². The lowest BCUT2D eigenvalue weighted by Gasteiger charge is -2.13. The summed E-state index contributed by atoms with van der Waals surface area (Å²) >= 11 is 0. The number of carboxylic acids is 1. The highest BCUT2D eigenvalue weighted by molar-refractivity contribution is 5.79. The van der Waals surface area contributed by atoms with Crippen molar-refractivity contribution in [2.24, 2.45) is 0 Å². The summed E-state index contributed by atoms with van der Waals surface area (Å²) in [7, 11) is 0. The maximum absolute atomic E-state index is 12.7. The van der Waals surface area contributed by atoms with E-state index in [1.807, 2.05) is 0 Å². The van der Waals surface area contributed by atoms with Gasteiger partial charge >= 0.3 is 5.97 Å². The molecule has 33 heavy (non-hydrogen) atoms. The lowest BCUT2D eigenvalue weighted by atomic mass is 10.0. The first-order valence-corrected chi connectivity index (χ1v) is 11.7. The van der Waals surface area contributed by atoms with Crippen molar-refractivity contribution in [2.75, 3.05) is 11.9 Å². The van der Waals surface area contributed by atoms with Crippen molar-refractivity contribution < 1.29 is 29.6 Å². The number of anilines is 1. The third kappa shape index (κ3) is 8.36. The molecule has 0 aliphatic carbocycles. The van der Waals surface area contributed by atoms with E-state index in [1.165, 1.54) is 51.0 Å². The highest BCUT2D eigenvalue weighted by Crippen LogP contribution is 2.40. The molecule has 1 aromatic heterocycles. The first-order valence-electron chi connectivity index (χ1n) is 11.7. The largest absolute Gasteiger partial charge is 0.504 e. The SMILES string of the molecule is CCCCCCCCCCCCc1cc(=O)c(NCC(=O)O)c(-c2cc(O)c(O)c(O)c2)o1. The highest BCUT2D eigenvalue weighted by Gasteiger charge is 2.18. The van der Waals surface area contributed by atoms with Crippen LogP contribution in [0.15, 0.2) is 27.4 Å². The summed E-state index contributed by atoms with van der Waals surface area (Å²) in [6.07, 6.45) is 12.4. The molecule has 5 N–H and O–H groups in total. The quantitative estimate of drug-likeness (QED) is 0.176. The Labute approximate surface area is 193 Å². The molecular weight excluding hydrogens is 426 g/mol. The zero-order valence-electron chi connectivity index (χ0n) is 19.2. The van der Waals surface area contributed by atoms with Crippen LogP contribution in [0.5, 0.6) is 17.2 Å². The van der Waals surface area contributed by atoms with Gasteiger partial charge in [-0.3, -0.25) is 9.59 Å². The number of phenolic OH excluding ortho intramolecular Hbond substituents is 3. The van der Waals surface area contributed by atoms with Crippen molar-refractivity contribution in [2.45, 2.75) is 77.6 Å². The molecule has 0 saturated heterocycles. The molecule has 8 nitrogen and oxygen atoms in total. The summed E-state index contributed by atoms with van der Waals surface area (Å²) < 4.78 is 5.88. The fourth-order valence-electron chi connectivity index (χ4n) is 3.72. The van der Waals surface area contributed by atoms with Crippen LogP contribution in [0, 0.1) is 0 Å². The second kappa shape index (κ2) is 13.4. The fourth-order valence-corrected chi connectivity index (χ4v) is 3.72. The summed E-state index contributed by atoms with van der Waals surface area (Å²) in [5.74, 6) is -2.60. The van der Waals surface area contributed by atoms with E-state index in [-0.39, 0.29) is 17.0 Å². The van der Waals surface area contributed by atoms with E-state index in [0.717, 1.165) is 31.4 Å². The Balaban J connectivity index is 2.05. The summed E-state index contributed by atoms with van der Waals surface area (Å²) in [6.45, 7) is 1.70. The Kier molecular flexibility index (Phi) is 10.6. The van der Waals surface area contributed by atoms with Gasteiger partial charge in [0, 0.05) is 18.1 Å². The molecule has 1 heterocycles. The second-order valence-corrected chi connectivity index (χ2v) is 8.32. The number of aliphatic carboxylic acids is 1. The van der Waals surface area contributed by atoms with Gasteiger partial charge < -0.3 is 30.2 Å². The zero-order valence-corrected chi connectivity index (χ0v) is 19.2. The summed E-state index contributed by atoms with van der Waals surface area (Å²) in [5.41, 5.74) is -0.405. The van der Waals surface area contributed by atoms with Crippen molar-refractivity contribution >= 4 is 11.7 Å². The maximum Gasteiger partial charge on any atom is 0.322 e. The zero-order chi connectivity index (χ0) is 24.2. The molecule has 2 rings (SSSR count). The van der Waals surface area contributed by atoms with E-state index in [0.29, 0.717) is 12.2 Å². The van der Waals surface area contributed by atoms with Gasteiger partial charge in [0.1, 0.15) is 18.0 Å². The number of aromatic hydroxyl groups is 3. The number of aryl methyl sites for hydroxylation is 1. The highest BCUT2D eigenvalue weighted by atomic mass is 16.4. The summed E-state index contributed by atoms with van der Waals surface area (Å²) in [4.78, 5) is 23.6. The molecule has 0 fully saturated rings. The Hall–Kier alpha value is -3.16. The Morgan fingerprint density at radius 3 is 1.97 bits per heavy atom. The minimum absolute atomic E-state index is 0.00331. The smallest absolute Gasteiger partial charge is 0.322 e. The topological polar surface area (TPSA) is 140 Å². The van der Waals surface area contributed by atoms with E-state index in [1.54, 1.807) is 0 Å². The number of nitrogens with one attached hydrogen (secondary N) is 1. The molecule has 0 bridgehead atoms. The van der Waals surface area contributed by atoms with Crippen LogP contribution < -0.4 is 10.7 Å². The number of hydrogen-bond donors (Lipinski definition) is 5. The molecule has 0 aliphatic rings. The van der Waals surface area contributed by atoms with Gasteiger partial charge in [0.2, 0.25) is 5.43 Å². The van der Waals surface area contributed by atoms with Crippen LogP contribution in [0.4, 0.5) is 5.69 Å². The maximum atomic E-state index is 12.7. The lowest BCUT2D eigenvalue weighted by Crippen LogP contribution is -2.19. The van der Waals surface area contributed by atoms with Crippen LogP contribution in [-0.4, -0.2) is 32.9 Å². The molecule has 0 aliphatic heterocycles. The fraction of sp³-hybridized carbons (Fsp3) is 0.520. The number of carbonyl (C=O) groups is 1. The molecule has 2 aromatic rings. The van der Waals surface area contributed by atoms with Gasteiger partial charge in [-0.2, -0.15) is 0 Å². The van der Waals surface area contributed by atoms with Crippen molar-refractivity contribution in [3.05, 3.63) is 34.2 Å². The molecule has 0 amide bonds. The van der Waals surface area contributed by atoms with E-state index in [9.17, 15) is 24.9 Å². The minimum Gasteiger partial charge on any atom is -0.504 e. The Morgan fingerprint density at radius 1 is 0.879 bits per heavy atom. The van der Waals surface area contributed by atoms with Crippen LogP contribution in [-0.2, 0) is 11.2 Å². The van der Waals surface area contributed by atoms with Crippen molar-refractivity contribution in [3.63, 3.8) is 0 Å². The van der Waals surface area contributed by atoms with Crippen LogP contribution in [0.25, 0.3) is 11.3 Å². The van der Waals surface area contributed by atoms with E-state index in [2.05, 4.69) is 12.2 Å². The average Bonchev–Trinajstić information content (AvgIpc) is 2.77. The third-order valence-corrected chi connectivity index (χ3v) is 5.52. The molecular formula is C25H35NO7. The van der Waals surface area contributed by atoms with Gasteiger partial charge in [-0.05, 0) is 18.6 Å². The molecule has 8 heteroatoms. The molecule has 0 atom stereocenters. The normalized spacial score (nSPS) is 10.9. The van der Waals surface area contributed by atoms with Crippen LogP contribution in [0.3, 0.4) is 0 Å². The van der Waals surface area contributed by atoms with E-state index < -0.39 is 35.2 Å². The third-order valence-electron chi connectivity index (χ3n) is 5.52. The molecule has 0 saturated carbocycles. The van der Waals surface area contributed by atoms with Crippen molar-refractivity contribution in [1.82, 2.24) is 0 Å². The predicted molar refractivity (Wildman–Crippen MR) is 127 cm³/mol. The number of rotatable bonds is 15. The number of benzene rings is 1. The standard InChI is InChI=1S/C25H35NO7/c1-2-3-4-5-6-7-8-9-10-11-12-18-15-19(27)23(26-16-22(30)31)25(33-18)17-13-20(28)24(32)21(29)14-17/h13-15,26,28-29,32H,2-12,16H2,1H3,(H,30,31). The number of hydrogen-bond acceptors (Lipinski definition) is 7. The second-order valence-electron chi connectivity index (χ2n) is 8.32.